The Labute approximate surface area is 186 Å². The largest absolute Gasteiger partial charge is 0.393 e. The van der Waals surface area contributed by atoms with Gasteiger partial charge in [0.2, 0.25) is 0 Å². The predicted molar refractivity (Wildman–Crippen MR) is 123 cm³/mol. The molecule has 2 aromatic carbocycles. The summed E-state index contributed by atoms with van der Waals surface area (Å²) in [5, 5.41) is 0.489. The number of nitrogens with two attached hydrogens (primary N) is 1. The average Bonchev–Trinajstić information content (AvgIpc) is 2.79. The minimum atomic E-state index is -0.336. The number of carbonyl (C=O) groups is 1. The van der Waals surface area contributed by atoms with Crippen LogP contribution in [-0.2, 0) is 6.54 Å². The molecule has 4 N–H and O–H groups in total. The lowest BCUT2D eigenvalue weighted by molar-refractivity contribution is 0.0962. The first kappa shape index (κ1) is 20.9. The van der Waals surface area contributed by atoms with E-state index in [1.165, 1.54) is 11.9 Å². The molecule has 0 unspecified atom stereocenters. The quantitative estimate of drug-likeness (QED) is 0.510. The van der Waals surface area contributed by atoms with Gasteiger partial charge in [0.15, 0.2) is 11.6 Å². The number of benzene rings is 2. The molecule has 0 atom stereocenters. The second-order valence-electron chi connectivity index (χ2n) is 7.30. The molecule has 3 aromatic rings. The molecule has 4 rings (SSSR count). The van der Waals surface area contributed by atoms with Gasteiger partial charge in [-0.25, -0.2) is 9.97 Å². The molecule has 160 valence electrons. The van der Waals surface area contributed by atoms with Crippen molar-refractivity contribution in [3.05, 3.63) is 77.1 Å². The summed E-state index contributed by atoms with van der Waals surface area (Å²) in [6.45, 7) is 4.36. The van der Waals surface area contributed by atoms with Gasteiger partial charge in [-0.3, -0.25) is 20.5 Å². The Morgan fingerprint density at radius 1 is 1.03 bits per heavy atom. The van der Waals surface area contributed by atoms with Gasteiger partial charge >= 0.3 is 0 Å². The van der Waals surface area contributed by atoms with Crippen LogP contribution in [0.25, 0.3) is 0 Å². The molecular formula is C22H24ClN7O. The lowest BCUT2D eigenvalue weighted by Gasteiger charge is -2.36. The number of hydrogen-bond donors (Lipinski definition) is 3. The number of aromatic nitrogens is 2. The first-order valence-electron chi connectivity index (χ1n) is 10.0. The van der Waals surface area contributed by atoms with Gasteiger partial charge in [0.25, 0.3) is 5.91 Å². The van der Waals surface area contributed by atoms with E-state index in [2.05, 4.69) is 54.9 Å². The molecule has 1 aliphatic heterocycles. The fourth-order valence-electron chi connectivity index (χ4n) is 3.52. The maximum absolute atomic E-state index is 12.3. The van der Waals surface area contributed by atoms with Crippen LogP contribution in [0.4, 0.5) is 17.3 Å². The van der Waals surface area contributed by atoms with Crippen LogP contribution in [0.1, 0.15) is 15.9 Å². The molecule has 0 spiro atoms. The van der Waals surface area contributed by atoms with Gasteiger partial charge in [0.05, 0.1) is 0 Å². The lowest BCUT2D eigenvalue weighted by Crippen LogP contribution is -2.46. The number of carbonyl (C=O) groups excluding carboxylic acids is 1. The van der Waals surface area contributed by atoms with Crippen molar-refractivity contribution >= 4 is 34.8 Å². The molecule has 1 fully saturated rings. The van der Waals surface area contributed by atoms with Crippen molar-refractivity contribution in [3.63, 3.8) is 0 Å². The smallest absolute Gasteiger partial charge is 0.269 e. The zero-order chi connectivity index (χ0) is 21.6. The van der Waals surface area contributed by atoms with Crippen molar-refractivity contribution in [2.45, 2.75) is 6.54 Å². The third-order valence-electron chi connectivity index (χ3n) is 5.16. The molecule has 0 saturated carbocycles. The molecular weight excluding hydrogens is 414 g/mol. The number of nitrogens with zero attached hydrogens (tertiary/aromatic N) is 4. The third-order valence-corrected chi connectivity index (χ3v) is 5.40. The Morgan fingerprint density at radius 3 is 2.55 bits per heavy atom. The van der Waals surface area contributed by atoms with Gasteiger partial charge in [-0.2, -0.15) is 0 Å². The molecule has 1 aliphatic rings. The summed E-state index contributed by atoms with van der Waals surface area (Å²) >= 11 is 5.94. The fraction of sp³-hybridized carbons (Fsp3) is 0.227. The van der Waals surface area contributed by atoms with Crippen molar-refractivity contribution in [2.75, 3.05) is 42.2 Å². The number of nitrogens with one attached hydrogen (secondary N) is 2. The molecule has 31 heavy (non-hydrogen) atoms. The number of nitrogen functional groups attached to an aromatic ring is 1. The zero-order valence-corrected chi connectivity index (χ0v) is 17.7. The number of hydrazine groups is 1. The van der Waals surface area contributed by atoms with Gasteiger partial charge in [-0.1, -0.05) is 48.0 Å². The standard InChI is InChI=1S/C22H24ClN7O/c23-18-8-4-7-17(13-18)22(31)28-27-20-19(24)21(26-15-25-20)30-11-9-29(10-12-30)14-16-5-2-1-3-6-16/h1-8,13,15H,9-12,14,24H2,(H,28,31)(H,25,26,27). The van der Waals surface area contributed by atoms with E-state index in [1.54, 1.807) is 24.3 Å². The van der Waals surface area contributed by atoms with Crippen LogP contribution < -0.4 is 21.5 Å². The number of halogens is 1. The van der Waals surface area contributed by atoms with Crippen LogP contribution in [0.15, 0.2) is 60.9 Å². The van der Waals surface area contributed by atoms with E-state index in [0.29, 0.717) is 27.9 Å². The summed E-state index contributed by atoms with van der Waals surface area (Å²) < 4.78 is 0. The molecule has 8 nitrogen and oxygen atoms in total. The van der Waals surface area contributed by atoms with Crippen LogP contribution in [0.2, 0.25) is 5.02 Å². The number of hydrogen-bond acceptors (Lipinski definition) is 7. The first-order chi connectivity index (χ1) is 15.1. The van der Waals surface area contributed by atoms with E-state index in [0.717, 1.165) is 32.7 Å². The van der Waals surface area contributed by atoms with E-state index >= 15 is 0 Å². The second kappa shape index (κ2) is 9.63. The SMILES string of the molecule is Nc1c(NNC(=O)c2cccc(Cl)c2)ncnc1N1CCN(Cc2ccccc2)CC1. The Morgan fingerprint density at radius 2 is 1.81 bits per heavy atom. The van der Waals surface area contributed by atoms with Gasteiger partial charge < -0.3 is 10.6 Å². The number of amides is 1. The lowest BCUT2D eigenvalue weighted by atomic mass is 10.2. The molecule has 0 bridgehead atoms. The fourth-order valence-corrected chi connectivity index (χ4v) is 3.71. The van der Waals surface area contributed by atoms with Crippen molar-refractivity contribution < 1.29 is 4.79 Å². The van der Waals surface area contributed by atoms with E-state index in [1.807, 2.05) is 6.07 Å². The van der Waals surface area contributed by atoms with Crippen molar-refractivity contribution in [3.8, 4) is 0 Å². The van der Waals surface area contributed by atoms with Gasteiger partial charge in [-0.15, -0.1) is 0 Å². The van der Waals surface area contributed by atoms with Crippen LogP contribution in [0.3, 0.4) is 0 Å². The number of piperazine rings is 1. The van der Waals surface area contributed by atoms with Crippen LogP contribution in [0.5, 0.6) is 0 Å². The number of anilines is 3. The monoisotopic (exact) mass is 437 g/mol. The summed E-state index contributed by atoms with van der Waals surface area (Å²) in [4.78, 5) is 25.4. The Hall–Kier alpha value is -3.36. The summed E-state index contributed by atoms with van der Waals surface area (Å²) in [5.41, 5.74) is 13.8. The molecule has 9 heteroatoms. The predicted octanol–water partition coefficient (Wildman–Crippen LogP) is 2.79. The average molecular weight is 438 g/mol. The number of rotatable bonds is 6. The van der Waals surface area contributed by atoms with E-state index in [-0.39, 0.29) is 5.91 Å². The second-order valence-corrected chi connectivity index (χ2v) is 7.73. The van der Waals surface area contributed by atoms with Crippen LogP contribution >= 0.6 is 11.6 Å². The highest BCUT2D eigenvalue weighted by atomic mass is 35.5. The highest BCUT2D eigenvalue weighted by molar-refractivity contribution is 6.30. The van der Waals surface area contributed by atoms with E-state index in [4.69, 9.17) is 17.3 Å². The van der Waals surface area contributed by atoms with E-state index in [9.17, 15) is 4.79 Å². The van der Waals surface area contributed by atoms with Gasteiger partial charge in [0, 0.05) is 43.3 Å². The Balaban J connectivity index is 1.36. The summed E-state index contributed by atoms with van der Waals surface area (Å²) in [6.07, 6.45) is 1.44. The normalized spacial score (nSPS) is 14.3. The molecule has 1 amide bonds. The molecule has 0 radical (unpaired) electrons. The third kappa shape index (κ3) is 5.22. The van der Waals surface area contributed by atoms with Crippen LogP contribution in [0, 0.1) is 0 Å². The van der Waals surface area contributed by atoms with E-state index < -0.39 is 0 Å². The van der Waals surface area contributed by atoms with Gasteiger partial charge in [0.1, 0.15) is 12.0 Å². The van der Waals surface area contributed by atoms with Crippen molar-refractivity contribution in [1.29, 1.82) is 0 Å². The Bertz CT molecular complexity index is 1040. The Kier molecular flexibility index (Phi) is 6.49. The maximum Gasteiger partial charge on any atom is 0.269 e. The molecule has 1 saturated heterocycles. The van der Waals surface area contributed by atoms with Crippen molar-refractivity contribution in [1.82, 2.24) is 20.3 Å². The first-order valence-corrected chi connectivity index (χ1v) is 10.4. The van der Waals surface area contributed by atoms with Gasteiger partial charge in [-0.05, 0) is 23.8 Å². The maximum atomic E-state index is 12.3. The topological polar surface area (TPSA) is 99.4 Å². The summed E-state index contributed by atoms with van der Waals surface area (Å²) in [6, 6.07) is 17.1. The molecule has 2 heterocycles. The highest BCUT2D eigenvalue weighted by Gasteiger charge is 2.21. The summed E-state index contributed by atoms with van der Waals surface area (Å²) in [5.74, 6) is 0.678. The van der Waals surface area contributed by atoms with Crippen molar-refractivity contribution in [2.24, 2.45) is 0 Å². The highest BCUT2D eigenvalue weighted by Crippen LogP contribution is 2.26. The molecule has 0 aliphatic carbocycles. The minimum absolute atomic E-state index is 0.336. The summed E-state index contributed by atoms with van der Waals surface area (Å²) in [7, 11) is 0. The zero-order valence-electron chi connectivity index (χ0n) is 17.0. The minimum Gasteiger partial charge on any atom is -0.393 e. The molecule has 1 aromatic heterocycles. The van der Waals surface area contributed by atoms with Crippen LogP contribution in [-0.4, -0.2) is 47.0 Å².